The number of carbonyl (C=O) groups is 2. The normalized spacial score (nSPS) is 8.00. The summed E-state index contributed by atoms with van der Waals surface area (Å²) in [7, 11) is 0. The summed E-state index contributed by atoms with van der Waals surface area (Å²) < 4.78 is 0. The smallest absolute Gasteiger partial charge is 0.335 e. The molecule has 0 aliphatic carbocycles. The Bertz CT molecular complexity index is 309. The molecule has 78 valence electrons. The molecule has 0 bridgehead atoms. The van der Waals surface area contributed by atoms with Crippen molar-refractivity contribution < 1.29 is 19.8 Å². The highest BCUT2D eigenvalue weighted by atomic mass is 35.5. The largest absolute Gasteiger partial charge is 0.478 e. The van der Waals surface area contributed by atoms with Crippen LogP contribution < -0.4 is 0 Å². The van der Waals surface area contributed by atoms with Crippen molar-refractivity contribution in [1.82, 2.24) is 0 Å². The lowest BCUT2D eigenvalue weighted by Gasteiger charge is -1.95. The average Bonchev–Trinajstić information content (AvgIpc) is 2.04. The first-order valence-electron chi connectivity index (χ1n) is 3.18. The maximum absolute atomic E-state index is 10.4. The SMILES string of the molecule is Cl.Cl.O=C(O)c1cccc(C(=O)O)c1. The lowest BCUT2D eigenvalue weighted by Crippen LogP contribution is -2.01. The maximum Gasteiger partial charge on any atom is 0.335 e. The van der Waals surface area contributed by atoms with Gasteiger partial charge in [-0.25, -0.2) is 9.59 Å². The van der Waals surface area contributed by atoms with E-state index >= 15 is 0 Å². The van der Waals surface area contributed by atoms with E-state index in [9.17, 15) is 9.59 Å². The van der Waals surface area contributed by atoms with Crippen molar-refractivity contribution in [2.45, 2.75) is 0 Å². The highest BCUT2D eigenvalue weighted by Gasteiger charge is 2.06. The number of rotatable bonds is 2. The highest BCUT2D eigenvalue weighted by Crippen LogP contribution is 2.04. The van der Waals surface area contributed by atoms with E-state index in [0.29, 0.717) is 0 Å². The van der Waals surface area contributed by atoms with E-state index in [4.69, 9.17) is 10.2 Å². The molecule has 1 rings (SSSR count). The number of hydrogen-bond acceptors (Lipinski definition) is 2. The average molecular weight is 239 g/mol. The summed E-state index contributed by atoms with van der Waals surface area (Å²) in [6.45, 7) is 0. The Balaban J connectivity index is 0. The van der Waals surface area contributed by atoms with E-state index in [1.807, 2.05) is 0 Å². The van der Waals surface area contributed by atoms with Crippen LogP contribution in [0.3, 0.4) is 0 Å². The lowest BCUT2D eigenvalue weighted by molar-refractivity contribution is 0.0696. The number of hydrogen-bond donors (Lipinski definition) is 2. The molecule has 0 spiro atoms. The van der Waals surface area contributed by atoms with Gasteiger partial charge in [0.25, 0.3) is 0 Å². The molecule has 0 saturated heterocycles. The molecule has 2 N–H and O–H groups in total. The zero-order chi connectivity index (χ0) is 9.14. The highest BCUT2D eigenvalue weighted by molar-refractivity contribution is 5.93. The second-order valence-electron chi connectivity index (χ2n) is 2.19. The summed E-state index contributed by atoms with van der Waals surface area (Å²) in [4.78, 5) is 20.8. The topological polar surface area (TPSA) is 74.6 Å². The third-order valence-corrected chi connectivity index (χ3v) is 1.36. The Kier molecular flexibility index (Phi) is 6.78. The van der Waals surface area contributed by atoms with Crippen LogP contribution in [0.4, 0.5) is 0 Å². The van der Waals surface area contributed by atoms with Gasteiger partial charge in [-0.2, -0.15) is 0 Å². The zero-order valence-corrected chi connectivity index (χ0v) is 8.47. The van der Waals surface area contributed by atoms with Gasteiger partial charge in [0.15, 0.2) is 0 Å². The molecule has 0 heterocycles. The van der Waals surface area contributed by atoms with E-state index in [0.717, 1.165) is 6.07 Å². The molecule has 0 fully saturated rings. The predicted octanol–water partition coefficient (Wildman–Crippen LogP) is 1.93. The molecule has 0 aliphatic heterocycles. The summed E-state index contributed by atoms with van der Waals surface area (Å²) in [5.74, 6) is -2.25. The van der Waals surface area contributed by atoms with E-state index in [1.165, 1.54) is 18.2 Å². The van der Waals surface area contributed by atoms with Crippen LogP contribution in [0.5, 0.6) is 0 Å². The lowest BCUT2D eigenvalue weighted by atomic mass is 10.1. The van der Waals surface area contributed by atoms with Gasteiger partial charge in [0.05, 0.1) is 11.1 Å². The summed E-state index contributed by atoms with van der Waals surface area (Å²) in [5.41, 5.74) is -0.0372. The van der Waals surface area contributed by atoms with Crippen molar-refractivity contribution in [2.24, 2.45) is 0 Å². The van der Waals surface area contributed by atoms with Gasteiger partial charge in [-0.15, -0.1) is 24.8 Å². The van der Waals surface area contributed by atoms with Crippen LogP contribution in [0.1, 0.15) is 20.7 Å². The molecule has 14 heavy (non-hydrogen) atoms. The zero-order valence-electron chi connectivity index (χ0n) is 6.84. The van der Waals surface area contributed by atoms with Crippen molar-refractivity contribution in [1.29, 1.82) is 0 Å². The quantitative estimate of drug-likeness (QED) is 0.826. The third kappa shape index (κ3) is 3.64. The Labute approximate surface area is 92.4 Å². The van der Waals surface area contributed by atoms with Crippen molar-refractivity contribution in [3.8, 4) is 0 Å². The number of benzene rings is 1. The first kappa shape index (κ1) is 15.2. The molecule has 6 heteroatoms. The van der Waals surface area contributed by atoms with Gasteiger partial charge in [0.1, 0.15) is 0 Å². The van der Waals surface area contributed by atoms with Gasteiger partial charge in [-0.1, -0.05) is 6.07 Å². The van der Waals surface area contributed by atoms with Crippen molar-refractivity contribution in [2.75, 3.05) is 0 Å². The van der Waals surface area contributed by atoms with Gasteiger partial charge in [0, 0.05) is 0 Å². The standard InChI is InChI=1S/C8H6O4.2ClH/c9-7(10)5-2-1-3-6(4-5)8(11)12;;/h1-4H,(H,9,10)(H,11,12);2*1H. The van der Waals surface area contributed by atoms with E-state index in [2.05, 4.69) is 0 Å². The van der Waals surface area contributed by atoms with Crippen LogP contribution in [0.15, 0.2) is 24.3 Å². The summed E-state index contributed by atoms with van der Waals surface area (Å²) in [5, 5.41) is 17.0. The van der Waals surface area contributed by atoms with Gasteiger partial charge in [0.2, 0.25) is 0 Å². The fraction of sp³-hybridized carbons (Fsp3) is 0. The molecule has 0 radical (unpaired) electrons. The number of carboxylic acids is 2. The summed E-state index contributed by atoms with van der Waals surface area (Å²) in [6, 6.07) is 5.20. The molecular weight excluding hydrogens is 231 g/mol. The van der Waals surface area contributed by atoms with Gasteiger partial charge >= 0.3 is 11.9 Å². The van der Waals surface area contributed by atoms with E-state index in [1.54, 1.807) is 0 Å². The molecule has 0 aromatic heterocycles. The third-order valence-electron chi connectivity index (χ3n) is 1.36. The molecule has 0 unspecified atom stereocenters. The molecule has 4 nitrogen and oxygen atoms in total. The van der Waals surface area contributed by atoms with Gasteiger partial charge < -0.3 is 10.2 Å². The molecule has 0 amide bonds. The number of halogens is 2. The second-order valence-corrected chi connectivity index (χ2v) is 2.19. The van der Waals surface area contributed by atoms with Crippen LogP contribution >= 0.6 is 24.8 Å². The van der Waals surface area contributed by atoms with Crippen LogP contribution in [-0.2, 0) is 0 Å². The molecule has 0 saturated carbocycles. The minimum atomic E-state index is -1.13. The fourth-order valence-corrected chi connectivity index (χ4v) is 0.785. The monoisotopic (exact) mass is 238 g/mol. The van der Waals surface area contributed by atoms with Crippen molar-refractivity contribution >= 4 is 36.8 Å². The van der Waals surface area contributed by atoms with Crippen molar-refractivity contribution in [3.63, 3.8) is 0 Å². The van der Waals surface area contributed by atoms with E-state index < -0.39 is 11.9 Å². The fourth-order valence-electron chi connectivity index (χ4n) is 0.785. The first-order valence-corrected chi connectivity index (χ1v) is 3.18. The summed E-state index contributed by atoms with van der Waals surface area (Å²) >= 11 is 0. The molecule has 0 atom stereocenters. The van der Waals surface area contributed by atoms with Crippen molar-refractivity contribution in [3.05, 3.63) is 35.4 Å². The molecule has 1 aromatic carbocycles. The van der Waals surface area contributed by atoms with Crippen LogP contribution in [-0.4, -0.2) is 22.2 Å². The van der Waals surface area contributed by atoms with Gasteiger partial charge in [-0.3, -0.25) is 0 Å². The second kappa shape index (κ2) is 6.23. The van der Waals surface area contributed by atoms with Crippen LogP contribution in [0.25, 0.3) is 0 Å². The summed E-state index contributed by atoms with van der Waals surface area (Å²) in [6.07, 6.45) is 0. The molecule has 1 aromatic rings. The van der Waals surface area contributed by atoms with E-state index in [-0.39, 0.29) is 35.9 Å². The number of aromatic carboxylic acids is 2. The molecule has 0 aliphatic rings. The van der Waals surface area contributed by atoms with Gasteiger partial charge in [-0.05, 0) is 18.2 Å². The Morgan fingerprint density at radius 3 is 1.57 bits per heavy atom. The number of carboxylic acid groups (broad SMARTS) is 2. The Hall–Kier alpha value is -1.26. The maximum atomic E-state index is 10.4. The molecular formula is C8H8Cl2O4. The van der Waals surface area contributed by atoms with Crippen LogP contribution in [0.2, 0.25) is 0 Å². The predicted molar refractivity (Wildman–Crippen MR) is 54.9 cm³/mol. The first-order chi connectivity index (χ1) is 5.61. The minimum Gasteiger partial charge on any atom is -0.478 e. The Morgan fingerprint density at radius 1 is 0.929 bits per heavy atom. The minimum absolute atomic E-state index is 0. The Morgan fingerprint density at radius 2 is 1.29 bits per heavy atom. The van der Waals surface area contributed by atoms with Crippen LogP contribution in [0, 0.1) is 0 Å².